The van der Waals surface area contributed by atoms with Gasteiger partial charge in [0.05, 0.1) is 12.0 Å². The van der Waals surface area contributed by atoms with Crippen molar-refractivity contribution in [2.24, 2.45) is 11.3 Å². The van der Waals surface area contributed by atoms with Crippen LogP contribution in [0.1, 0.15) is 30.3 Å². The number of likely N-dealkylation sites (tertiary alicyclic amines) is 2. The Bertz CT molecular complexity index is 849. The normalized spacial score (nSPS) is 22.9. The predicted molar refractivity (Wildman–Crippen MR) is 112 cm³/mol. The number of carboxylic acid groups (broad SMARTS) is 1. The number of esters is 1. The molecular formula is C22H28F3N3O5. The van der Waals surface area contributed by atoms with Crippen LogP contribution >= 0.6 is 0 Å². The highest BCUT2D eigenvalue weighted by molar-refractivity contribution is 5.92. The van der Waals surface area contributed by atoms with Gasteiger partial charge in [0.15, 0.2) is 0 Å². The predicted octanol–water partition coefficient (Wildman–Crippen LogP) is 2.62. The first-order chi connectivity index (χ1) is 15.5. The van der Waals surface area contributed by atoms with Gasteiger partial charge in [-0.25, -0.2) is 4.79 Å². The highest BCUT2D eigenvalue weighted by atomic mass is 19.4. The second-order valence-corrected chi connectivity index (χ2v) is 7.93. The van der Waals surface area contributed by atoms with E-state index < -0.39 is 17.6 Å². The van der Waals surface area contributed by atoms with Gasteiger partial charge in [-0.05, 0) is 31.9 Å². The maximum Gasteiger partial charge on any atom is 0.490 e. The number of carbonyl (C=O) groups is 3. The third kappa shape index (κ3) is 6.53. The minimum absolute atomic E-state index is 0.0626. The average molecular weight is 471 g/mol. The summed E-state index contributed by atoms with van der Waals surface area (Å²) in [6, 6.07) is 5.36. The summed E-state index contributed by atoms with van der Waals surface area (Å²) in [6.45, 7) is 9.43. The quantitative estimate of drug-likeness (QED) is 0.521. The van der Waals surface area contributed by atoms with Gasteiger partial charge in [0.25, 0.3) is 5.91 Å². The molecule has 182 valence electrons. The van der Waals surface area contributed by atoms with E-state index in [0.717, 1.165) is 25.9 Å². The standard InChI is InChI=1S/C20H27N3O3.C2HF3O2/c1-3-11-22-13-16-14-23(18(24)17-8-5-6-10-21-17)12-7-9-20(16,15-22)19(25)26-4-2;3-2(4,5)1(6)7/h3,5-6,8,10,16H,1,4,7,9,11-15H2,2H3;(H,6,7)/t16-,20+;/m1./s1. The summed E-state index contributed by atoms with van der Waals surface area (Å²) in [6.07, 6.45) is -0.0534. The number of rotatable bonds is 5. The fourth-order valence-electron chi connectivity index (χ4n) is 4.30. The van der Waals surface area contributed by atoms with Crippen molar-refractivity contribution in [3.8, 4) is 0 Å². The number of fused-ring (bicyclic) bond motifs is 1. The molecule has 1 amide bonds. The molecule has 0 bridgehead atoms. The molecular weight excluding hydrogens is 443 g/mol. The van der Waals surface area contributed by atoms with Gasteiger partial charge in [0.2, 0.25) is 0 Å². The number of pyridine rings is 1. The van der Waals surface area contributed by atoms with E-state index >= 15 is 0 Å². The second-order valence-electron chi connectivity index (χ2n) is 7.93. The molecule has 0 spiro atoms. The number of aromatic nitrogens is 1. The smallest absolute Gasteiger partial charge is 0.475 e. The van der Waals surface area contributed by atoms with Crippen LogP contribution in [0.2, 0.25) is 0 Å². The molecule has 0 unspecified atom stereocenters. The number of carboxylic acids is 1. The third-order valence-electron chi connectivity index (χ3n) is 5.74. The molecule has 2 atom stereocenters. The third-order valence-corrected chi connectivity index (χ3v) is 5.74. The van der Waals surface area contributed by atoms with Gasteiger partial charge in [-0.2, -0.15) is 13.2 Å². The van der Waals surface area contributed by atoms with Gasteiger partial charge in [-0.3, -0.25) is 19.5 Å². The summed E-state index contributed by atoms with van der Waals surface area (Å²) in [5.41, 5.74) is -0.0740. The number of hydrogen-bond donors (Lipinski definition) is 1. The number of nitrogens with zero attached hydrogens (tertiary/aromatic N) is 3. The van der Waals surface area contributed by atoms with Crippen molar-refractivity contribution in [2.75, 3.05) is 39.3 Å². The molecule has 2 aliphatic rings. The van der Waals surface area contributed by atoms with Gasteiger partial charge in [-0.1, -0.05) is 12.1 Å². The van der Waals surface area contributed by atoms with Gasteiger partial charge in [0.1, 0.15) is 5.69 Å². The van der Waals surface area contributed by atoms with Gasteiger partial charge in [-0.15, -0.1) is 6.58 Å². The Morgan fingerprint density at radius 3 is 2.58 bits per heavy atom. The van der Waals surface area contributed by atoms with Crippen LogP contribution < -0.4 is 0 Å². The molecule has 8 nitrogen and oxygen atoms in total. The van der Waals surface area contributed by atoms with Gasteiger partial charge < -0.3 is 14.7 Å². The summed E-state index contributed by atoms with van der Waals surface area (Å²) in [4.78, 5) is 42.9. The zero-order valence-corrected chi connectivity index (χ0v) is 18.4. The van der Waals surface area contributed by atoms with E-state index in [0.29, 0.717) is 31.9 Å². The van der Waals surface area contributed by atoms with E-state index in [4.69, 9.17) is 14.6 Å². The van der Waals surface area contributed by atoms with Crippen LogP contribution in [0.15, 0.2) is 37.1 Å². The molecule has 1 aromatic rings. The van der Waals surface area contributed by atoms with Crippen molar-refractivity contribution in [3.05, 3.63) is 42.7 Å². The molecule has 1 aromatic heterocycles. The Morgan fingerprint density at radius 2 is 2.03 bits per heavy atom. The van der Waals surface area contributed by atoms with Crippen LogP contribution in [0.3, 0.4) is 0 Å². The van der Waals surface area contributed by atoms with Crippen molar-refractivity contribution < 1.29 is 37.4 Å². The summed E-state index contributed by atoms with van der Waals surface area (Å²) < 4.78 is 37.2. The van der Waals surface area contributed by atoms with E-state index in [1.807, 2.05) is 24.0 Å². The Kier molecular flexibility index (Phi) is 8.98. The van der Waals surface area contributed by atoms with Crippen molar-refractivity contribution in [1.29, 1.82) is 0 Å². The highest BCUT2D eigenvalue weighted by Gasteiger charge is 2.54. The molecule has 2 fully saturated rings. The molecule has 0 aliphatic carbocycles. The van der Waals surface area contributed by atoms with Crippen LogP contribution in [-0.4, -0.2) is 83.2 Å². The lowest BCUT2D eigenvalue weighted by molar-refractivity contribution is -0.192. The number of alkyl halides is 3. The first-order valence-electron chi connectivity index (χ1n) is 10.6. The minimum atomic E-state index is -5.08. The number of aliphatic carboxylic acids is 1. The van der Waals surface area contributed by atoms with Crippen molar-refractivity contribution in [1.82, 2.24) is 14.8 Å². The lowest BCUT2D eigenvalue weighted by atomic mass is 9.75. The van der Waals surface area contributed by atoms with Crippen LogP contribution in [0, 0.1) is 11.3 Å². The molecule has 2 saturated heterocycles. The molecule has 11 heteroatoms. The zero-order chi connectivity index (χ0) is 24.6. The maximum absolute atomic E-state index is 12.9. The van der Waals surface area contributed by atoms with E-state index in [2.05, 4.69) is 16.5 Å². The van der Waals surface area contributed by atoms with E-state index in [9.17, 15) is 22.8 Å². The minimum Gasteiger partial charge on any atom is -0.475 e. The molecule has 0 radical (unpaired) electrons. The van der Waals surface area contributed by atoms with E-state index in [-0.39, 0.29) is 17.8 Å². The fraction of sp³-hybridized carbons (Fsp3) is 0.545. The first-order valence-corrected chi connectivity index (χ1v) is 10.6. The Hall–Kier alpha value is -2.95. The lowest BCUT2D eigenvalue weighted by Gasteiger charge is -2.31. The van der Waals surface area contributed by atoms with Crippen molar-refractivity contribution in [2.45, 2.75) is 25.9 Å². The molecule has 33 heavy (non-hydrogen) atoms. The Labute approximate surface area is 190 Å². The molecule has 0 aromatic carbocycles. The summed E-state index contributed by atoms with van der Waals surface area (Å²) in [7, 11) is 0. The number of amides is 1. The first kappa shape index (κ1) is 26.3. The SMILES string of the molecule is C=CCN1C[C@@H]2CN(C(=O)c3ccccn3)CCC[C@]2(C(=O)OCC)C1.O=C(O)C(F)(F)F. The number of hydrogen-bond acceptors (Lipinski definition) is 6. The number of ether oxygens (including phenoxy) is 1. The topological polar surface area (TPSA) is 100 Å². The van der Waals surface area contributed by atoms with Crippen molar-refractivity contribution in [3.63, 3.8) is 0 Å². The largest absolute Gasteiger partial charge is 0.490 e. The van der Waals surface area contributed by atoms with E-state index in [1.165, 1.54) is 0 Å². The van der Waals surface area contributed by atoms with Gasteiger partial charge in [0, 0.05) is 44.8 Å². The summed E-state index contributed by atoms with van der Waals surface area (Å²) >= 11 is 0. The molecule has 3 rings (SSSR count). The van der Waals surface area contributed by atoms with Crippen LogP contribution in [0.4, 0.5) is 13.2 Å². The zero-order valence-electron chi connectivity index (χ0n) is 18.4. The summed E-state index contributed by atoms with van der Waals surface area (Å²) in [5, 5.41) is 7.12. The van der Waals surface area contributed by atoms with E-state index in [1.54, 1.807) is 18.3 Å². The maximum atomic E-state index is 12.9. The Balaban J connectivity index is 0.000000479. The monoisotopic (exact) mass is 471 g/mol. The van der Waals surface area contributed by atoms with Crippen LogP contribution in [-0.2, 0) is 14.3 Å². The van der Waals surface area contributed by atoms with Crippen LogP contribution in [0.25, 0.3) is 0 Å². The Morgan fingerprint density at radius 1 is 1.33 bits per heavy atom. The van der Waals surface area contributed by atoms with Crippen molar-refractivity contribution >= 4 is 17.8 Å². The molecule has 0 saturated carbocycles. The number of halogens is 3. The molecule has 3 heterocycles. The lowest BCUT2D eigenvalue weighted by Crippen LogP contribution is -2.43. The average Bonchev–Trinajstić information content (AvgIpc) is 3.01. The number of carbonyl (C=O) groups excluding carboxylic acids is 2. The molecule has 1 N–H and O–H groups in total. The highest BCUT2D eigenvalue weighted by Crippen LogP contribution is 2.43. The summed E-state index contributed by atoms with van der Waals surface area (Å²) in [5.74, 6) is -2.87. The second kappa shape index (κ2) is 11.3. The fourth-order valence-corrected chi connectivity index (χ4v) is 4.30. The van der Waals surface area contributed by atoms with Gasteiger partial charge >= 0.3 is 18.1 Å². The molecule has 2 aliphatic heterocycles. The van der Waals surface area contributed by atoms with Crippen LogP contribution in [0.5, 0.6) is 0 Å².